The van der Waals surface area contributed by atoms with Crippen LogP contribution in [0.25, 0.3) is 0 Å². The van der Waals surface area contributed by atoms with Gasteiger partial charge in [0.1, 0.15) is 11.6 Å². The summed E-state index contributed by atoms with van der Waals surface area (Å²) in [6.45, 7) is 15.7. The average molecular weight is 490 g/mol. The van der Waals surface area contributed by atoms with Crippen molar-refractivity contribution < 1.29 is 24.2 Å². The van der Waals surface area contributed by atoms with E-state index in [2.05, 4.69) is 20.1 Å². The van der Waals surface area contributed by atoms with Crippen molar-refractivity contribution in [2.75, 3.05) is 39.3 Å². The van der Waals surface area contributed by atoms with Crippen LogP contribution in [-0.4, -0.2) is 94.1 Å². The van der Waals surface area contributed by atoms with Gasteiger partial charge in [-0.2, -0.15) is 0 Å². The zero-order valence-corrected chi connectivity index (χ0v) is 21.7. The number of carbonyl (C=O) groups is 3. The number of carbonyl (C=O) groups excluding carboxylic acids is 3. The Kier molecular flexibility index (Phi) is 8.81. The number of hydrogen-bond acceptors (Lipinski definition) is 5. The molecule has 0 aliphatic carbocycles. The van der Waals surface area contributed by atoms with E-state index in [0.29, 0.717) is 45.4 Å². The fourth-order valence-electron chi connectivity index (χ4n) is 6.45. The Bertz CT molecular complexity index is 832. The minimum Gasteiger partial charge on any atom is -0.396 e. The highest BCUT2D eigenvalue weighted by molar-refractivity contribution is 5.99. The van der Waals surface area contributed by atoms with Gasteiger partial charge in [0.15, 0.2) is 0 Å². The fourth-order valence-corrected chi connectivity index (χ4v) is 6.45. The van der Waals surface area contributed by atoms with Gasteiger partial charge in [-0.15, -0.1) is 13.2 Å². The third-order valence-electron chi connectivity index (χ3n) is 7.93. The molecule has 3 amide bonds. The molecule has 8 nitrogen and oxygen atoms in total. The number of likely N-dealkylation sites (tertiary alicyclic amines) is 1. The van der Waals surface area contributed by atoms with Crippen molar-refractivity contribution in [3.63, 3.8) is 0 Å². The molecule has 3 fully saturated rings. The van der Waals surface area contributed by atoms with Gasteiger partial charge in [-0.05, 0) is 39.0 Å². The van der Waals surface area contributed by atoms with Crippen molar-refractivity contribution in [3.8, 4) is 0 Å². The molecule has 8 heteroatoms. The van der Waals surface area contributed by atoms with Gasteiger partial charge in [0.05, 0.1) is 17.4 Å². The Hall–Kier alpha value is -2.19. The number of ether oxygens (including phenoxy) is 1. The van der Waals surface area contributed by atoms with Gasteiger partial charge in [-0.1, -0.05) is 32.4 Å². The minimum atomic E-state index is -1.03. The van der Waals surface area contributed by atoms with Crippen LogP contribution in [0.1, 0.15) is 59.3 Å². The van der Waals surface area contributed by atoms with Crippen LogP contribution in [0.4, 0.5) is 0 Å². The number of unbranched alkanes of at least 4 members (excludes halogenated alkanes) is 1. The Morgan fingerprint density at radius 2 is 1.74 bits per heavy atom. The molecule has 3 aliphatic rings. The zero-order chi connectivity index (χ0) is 25.8. The second-order valence-corrected chi connectivity index (χ2v) is 10.3. The molecule has 35 heavy (non-hydrogen) atoms. The van der Waals surface area contributed by atoms with E-state index in [9.17, 15) is 19.5 Å². The Balaban J connectivity index is 2.04. The summed E-state index contributed by atoms with van der Waals surface area (Å²) in [6.07, 6.45) is 7.53. The van der Waals surface area contributed by atoms with Gasteiger partial charge in [0, 0.05) is 39.3 Å². The number of rotatable bonds is 14. The van der Waals surface area contributed by atoms with E-state index >= 15 is 0 Å². The van der Waals surface area contributed by atoms with Crippen LogP contribution in [0, 0.1) is 11.8 Å². The quantitative estimate of drug-likeness (QED) is 0.379. The Labute approximate surface area is 210 Å². The summed E-state index contributed by atoms with van der Waals surface area (Å²) < 4.78 is 6.69. The average Bonchev–Trinajstić information content (AvgIpc) is 3.40. The molecule has 2 bridgehead atoms. The lowest BCUT2D eigenvalue weighted by molar-refractivity contribution is -0.153. The van der Waals surface area contributed by atoms with E-state index < -0.39 is 29.1 Å². The monoisotopic (exact) mass is 489 g/mol. The molecule has 0 saturated carbocycles. The van der Waals surface area contributed by atoms with Crippen molar-refractivity contribution in [1.29, 1.82) is 0 Å². The fraction of sp³-hybridized carbons (Fsp3) is 0.741. The van der Waals surface area contributed by atoms with Crippen LogP contribution < -0.4 is 0 Å². The maximum Gasteiger partial charge on any atom is 0.248 e. The van der Waals surface area contributed by atoms with E-state index in [-0.39, 0.29) is 30.9 Å². The van der Waals surface area contributed by atoms with Crippen molar-refractivity contribution >= 4 is 17.7 Å². The first kappa shape index (κ1) is 27.4. The summed E-state index contributed by atoms with van der Waals surface area (Å²) in [6, 6.07) is -0.804. The molecule has 3 aliphatic heterocycles. The lowest BCUT2D eigenvalue weighted by Crippen LogP contribution is -2.56. The predicted octanol–water partition coefficient (Wildman–Crippen LogP) is 2.37. The summed E-state index contributed by atoms with van der Waals surface area (Å²) in [4.78, 5) is 47.0. The molecule has 2 unspecified atom stereocenters. The molecule has 3 rings (SSSR count). The van der Waals surface area contributed by atoms with Gasteiger partial charge < -0.3 is 24.5 Å². The second kappa shape index (κ2) is 11.2. The van der Waals surface area contributed by atoms with Crippen LogP contribution in [0.2, 0.25) is 0 Å². The smallest absolute Gasteiger partial charge is 0.248 e. The van der Waals surface area contributed by atoms with E-state index in [1.54, 1.807) is 26.9 Å². The van der Waals surface area contributed by atoms with Gasteiger partial charge in [-0.25, -0.2) is 0 Å². The molecule has 0 radical (unpaired) electrons. The maximum atomic E-state index is 14.0. The van der Waals surface area contributed by atoms with Crippen molar-refractivity contribution in [2.45, 2.75) is 76.5 Å². The van der Waals surface area contributed by atoms with Crippen LogP contribution in [-0.2, 0) is 19.1 Å². The molecule has 0 aromatic rings. The molecular formula is C27H43N3O5. The van der Waals surface area contributed by atoms with Gasteiger partial charge in [0.25, 0.3) is 0 Å². The summed E-state index contributed by atoms with van der Waals surface area (Å²) in [7, 11) is 0. The van der Waals surface area contributed by atoms with E-state index in [4.69, 9.17) is 4.74 Å². The van der Waals surface area contributed by atoms with Crippen molar-refractivity contribution in [3.05, 3.63) is 25.3 Å². The normalized spacial score (nSPS) is 30.9. The van der Waals surface area contributed by atoms with Gasteiger partial charge in [0.2, 0.25) is 17.7 Å². The molecule has 1 N–H and O–H groups in total. The Morgan fingerprint density at radius 1 is 1.09 bits per heavy atom. The molecule has 196 valence electrons. The van der Waals surface area contributed by atoms with Crippen LogP contribution in [0.3, 0.4) is 0 Å². The van der Waals surface area contributed by atoms with Gasteiger partial charge >= 0.3 is 0 Å². The second-order valence-electron chi connectivity index (χ2n) is 10.3. The van der Waals surface area contributed by atoms with Crippen molar-refractivity contribution in [2.24, 2.45) is 11.8 Å². The first-order valence-corrected chi connectivity index (χ1v) is 13.2. The largest absolute Gasteiger partial charge is 0.396 e. The maximum absolute atomic E-state index is 14.0. The van der Waals surface area contributed by atoms with E-state index in [1.165, 1.54) is 0 Å². The number of aliphatic hydroxyl groups is 1. The zero-order valence-electron chi connectivity index (χ0n) is 21.7. The topological polar surface area (TPSA) is 90.4 Å². The first-order chi connectivity index (χ1) is 16.8. The molecule has 0 aromatic heterocycles. The number of amides is 3. The lowest BCUT2D eigenvalue weighted by Gasteiger charge is -2.37. The summed E-state index contributed by atoms with van der Waals surface area (Å²) in [5.74, 6) is -1.81. The van der Waals surface area contributed by atoms with Crippen LogP contribution in [0.5, 0.6) is 0 Å². The van der Waals surface area contributed by atoms with Crippen LogP contribution in [0.15, 0.2) is 25.3 Å². The summed E-state index contributed by atoms with van der Waals surface area (Å²) in [5.41, 5.74) is -1.82. The standard InChI is InChI=1S/C27H43N3O5/c1-6-10-17-29(16-9-4)25(34)22-27-13-12-26(5,35-27)20(23(32)28(14-7-2)15-8-3)21(27)24(33)30(22)18-11-19-31/h7,9,20-22,31H,2,4,6,8,10-19H2,1,3,5H3/t20-,21+,22?,26+,27?/m1/s1. The summed E-state index contributed by atoms with van der Waals surface area (Å²) in [5, 5.41) is 9.50. The summed E-state index contributed by atoms with van der Waals surface area (Å²) >= 11 is 0. The molecule has 5 atom stereocenters. The molecule has 3 saturated heterocycles. The number of hydrogen-bond donors (Lipinski definition) is 1. The highest BCUT2D eigenvalue weighted by Gasteiger charge is 2.78. The molecule has 3 heterocycles. The number of nitrogens with zero attached hydrogens (tertiary/aromatic N) is 3. The highest BCUT2D eigenvalue weighted by atomic mass is 16.5. The van der Waals surface area contributed by atoms with Crippen LogP contribution >= 0.6 is 0 Å². The van der Waals surface area contributed by atoms with Crippen molar-refractivity contribution in [1.82, 2.24) is 14.7 Å². The van der Waals surface area contributed by atoms with Gasteiger partial charge in [-0.3, -0.25) is 14.4 Å². The third-order valence-corrected chi connectivity index (χ3v) is 7.93. The lowest BCUT2D eigenvalue weighted by atomic mass is 9.66. The number of fused-ring (bicyclic) bond motifs is 1. The highest BCUT2D eigenvalue weighted by Crippen LogP contribution is 2.63. The molecule has 0 aromatic carbocycles. The first-order valence-electron chi connectivity index (χ1n) is 13.2. The third kappa shape index (κ3) is 4.67. The molecule has 1 spiro atoms. The van der Waals surface area contributed by atoms with E-state index in [0.717, 1.165) is 19.3 Å². The predicted molar refractivity (Wildman–Crippen MR) is 134 cm³/mol. The minimum absolute atomic E-state index is 0.0842. The SMILES string of the molecule is C=CCN(CCCC)C(=O)C1N(CCCO)C(=O)[C@@H]2[C@H](C(=O)N(CC=C)CCC)[C@]3(C)CCC12O3. The Morgan fingerprint density at radius 3 is 2.31 bits per heavy atom. The molecular weight excluding hydrogens is 446 g/mol. The number of aliphatic hydroxyl groups excluding tert-OH is 1. The van der Waals surface area contributed by atoms with E-state index in [1.807, 2.05) is 13.8 Å².